The number of ether oxygens (including phenoxy) is 1. The van der Waals surface area contributed by atoms with Crippen LogP contribution >= 0.6 is 11.3 Å². The van der Waals surface area contributed by atoms with Crippen LogP contribution in [0.1, 0.15) is 10.6 Å². The lowest BCUT2D eigenvalue weighted by Crippen LogP contribution is -2.46. The van der Waals surface area contributed by atoms with Crippen molar-refractivity contribution in [1.29, 1.82) is 0 Å². The van der Waals surface area contributed by atoms with E-state index in [1.165, 1.54) is 17.0 Å². The number of hydrogen-bond donors (Lipinski definition) is 0. The number of anilines is 2. The van der Waals surface area contributed by atoms with Crippen LogP contribution < -0.4 is 14.5 Å². The van der Waals surface area contributed by atoms with E-state index in [1.807, 2.05) is 18.7 Å². The molecule has 1 aromatic heterocycles. The summed E-state index contributed by atoms with van der Waals surface area (Å²) in [6, 6.07) is 4.06. The monoisotopic (exact) mass is 384 g/mol. The van der Waals surface area contributed by atoms with E-state index < -0.39 is 23.0 Å². The first-order chi connectivity index (χ1) is 12.3. The standard InChI is InChI=1S/C16H18F2N4O3S/c1-10-11(2)26-16(19-10)21-7-5-20(6-8-21)12-3-4-13(22(23)24)14(9-12)25-15(17)18/h3-4,9,15H,5-8H2,1-2H3. The zero-order valence-corrected chi connectivity index (χ0v) is 15.1. The van der Waals surface area contributed by atoms with Gasteiger partial charge in [0.2, 0.25) is 5.75 Å². The van der Waals surface area contributed by atoms with Gasteiger partial charge in [-0.25, -0.2) is 4.98 Å². The lowest BCUT2D eigenvalue weighted by atomic mass is 10.2. The minimum absolute atomic E-state index is 0.420. The third-order valence-electron chi connectivity index (χ3n) is 4.29. The Balaban J connectivity index is 1.73. The van der Waals surface area contributed by atoms with Gasteiger partial charge in [0.15, 0.2) is 5.13 Å². The van der Waals surface area contributed by atoms with Gasteiger partial charge in [0.25, 0.3) is 0 Å². The molecule has 140 valence electrons. The van der Waals surface area contributed by atoms with Gasteiger partial charge in [0.05, 0.1) is 10.6 Å². The molecule has 2 aromatic rings. The lowest BCUT2D eigenvalue weighted by molar-refractivity contribution is -0.386. The van der Waals surface area contributed by atoms with E-state index in [0.29, 0.717) is 18.8 Å². The second kappa shape index (κ2) is 7.40. The molecule has 0 amide bonds. The van der Waals surface area contributed by atoms with Gasteiger partial charge in [-0.2, -0.15) is 8.78 Å². The average molecular weight is 384 g/mol. The highest BCUT2D eigenvalue weighted by molar-refractivity contribution is 7.15. The summed E-state index contributed by atoms with van der Waals surface area (Å²) in [6.45, 7) is 3.68. The first kappa shape index (κ1) is 18.3. The number of alkyl halides is 2. The summed E-state index contributed by atoms with van der Waals surface area (Å²) in [5.41, 5.74) is 1.18. The van der Waals surface area contributed by atoms with Gasteiger partial charge in [-0.1, -0.05) is 0 Å². The number of nitrogens with zero attached hydrogens (tertiary/aromatic N) is 4. The average Bonchev–Trinajstić information content (AvgIpc) is 2.93. The Kier molecular flexibility index (Phi) is 5.21. The van der Waals surface area contributed by atoms with Crippen LogP contribution in [0.3, 0.4) is 0 Å². The second-order valence-corrected chi connectivity index (χ2v) is 7.08. The lowest BCUT2D eigenvalue weighted by Gasteiger charge is -2.36. The van der Waals surface area contributed by atoms with E-state index in [0.717, 1.165) is 23.9 Å². The number of benzene rings is 1. The van der Waals surface area contributed by atoms with Gasteiger partial charge in [0.1, 0.15) is 0 Å². The summed E-state index contributed by atoms with van der Waals surface area (Å²) in [6.07, 6.45) is 0. The topological polar surface area (TPSA) is 71.7 Å². The van der Waals surface area contributed by atoms with E-state index >= 15 is 0 Å². The summed E-state index contributed by atoms with van der Waals surface area (Å²) in [5.74, 6) is -0.420. The highest BCUT2D eigenvalue weighted by Crippen LogP contribution is 2.34. The molecule has 0 N–H and O–H groups in total. The number of rotatable bonds is 5. The molecule has 7 nitrogen and oxygen atoms in total. The molecule has 26 heavy (non-hydrogen) atoms. The van der Waals surface area contributed by atoms with Gasteiger partial charge >= 0.3 is 12.3 Å². The molecule has 10 heteroatoms. The van der Waals surface area contributed by atoms with Crippen molar-refractivity contribution in [1.82, 2.24) is 4.98 Å². The smallest absolute Gasteiger partial charge is 0.387 e. The van der Waals surface area contributed by atoms with Crippen LogP contribution in [0.5, 0.6) is 5.75 Å². The van der Waals surface area contributed by atoms with Crippen molar-refractivity contribution in [2.45, 2.75) is 20.5 Å². The molecule has 2 heterocycles. The van der Waals surface area contributed by atoms with Crippen molar-refractivity contribution in [3.05, 3.63) is 38.9 Å². The van der Waals surface area contributed by atoms with Crippen molar-refractivity contribution < 1.29 is 18.4 Å². The van der Waals surface area contributed by atoms with Gasteiger partial charge in [-0.3, -0.25) is 10.1 Å². The summed E-state index contributed by atoms with van der Waals surface area (Å²) < 4.78 is 29.4. The minimum Gasteiger partial charge on any atom is -0.427 e. The Labute approximate surface area is 153 Å². The Hall–Kier alpha value is -2.49. The van der Waals surface area contributed by atoms with E-state index in [2.05, 4.69) is 14.6 Å². The molecular weight excluding hydrogens is 366 g/mol. The van der Waals surface area contributed by atoms with Crippen LogP contribution in [0.2, 0.25) is 0 Å². The largest absolute Gasteiger partial charge is 0.427 e. The maximum absolute atomic E-state index is 12.5. The van der Waals surface area contributed by atoms with Crippen molar-refractivity contribution in [3.63, 3.8) is 0 Å². The second-order valence-electron chi connectivity index (χ2n) is 5.90. The highest BCUT2D eigenvalue weighted by Gasteiger charge is 2.24. The molecule has 0 bridgehead atoms. The van der Waals surface area contributed by atoms with Crippen LogP contribution in [0.4, 0.5) is 25.3 Å². The maximum Gasteiger partial charge on any atom is 0.387 e. The van der Waals surface area contributed by atoms with Crippen molar-refractivity contribution >= 4 is 27.8 Å². The summed E-state index contributed by atoms with van der Waals surface area (Å²) in [5, 5.41) is 12.0. The molecule has 0 atom stereocenters. The number of hydrogen-bond acceptors (Lipinski definition) is 7. The molecule has 0 saturated carbocycles. The zero-order chi connectivity index (χ0) is 18.8. The number of nitro benzene ring substituents is 1. The van der Waals surface area contributed by atoms with E-state index in [1.54, 1.807) is 17.4 Å². The predicted octanol–water partition coefficient (Wildman–Crippen LogP) is 3.60. The molecule has 0 spiro atoms. The molecule has 1 fully saturated rings. The highest BCUT2D eigenvalue weighted by atomic mass is 32.1. The summed E-state index contributed by atoms with van der Waals surface area (Å²) in [7, 11) is 0. The van der Waals surface area contributed by atoms with Crippen LogP contribution in [-0.2, 0) is 0 Å². The Morgan fingerprint density at radius 1 is 1.23 bits per heavy atom. The molecule has 3 rings (SSSR count). The normalized spacial score (nSPS) is 14.8. The van der Waals surface area contributed by atoms with Crippen molar-refractivity contribution in [3.8, 4) is 5.75 Å². The molecule has 1 saturated heterocycles. The molecule has 1 aliphatic rings. The third-order valence-corrected chi connectivity index (χ3v) is 5.42. The number of halogens is 2. The van der Waals surface area contributed by atoms with E-state index in [-0.39, 0.29) is 0 Å². The number of thiazole rings is 1. The predicted molar refractivity (Wildman–Crippen MR) is 95.7 cm³/mol. The SMILES string of the molecule is Cc1nc(N2CCN(c3ccc([N+](=O)[O-])c(OC(F)F)c3)CC2)sc1C. The zero-order valence-electron chi connectivity index (χ0n) is 14.3. The summed E-state index contributed by atoms with van der Waals surface area (Å²) >= 11 is 1.65. The van der Waals surface area contributed by atoms with E-state index in [4.69, 9.17) is 0 Å². The van der Waals surface area contributed by atoms with Gasteiger partial charge in [0, 0.05) is 48.9 Å². The van der Waals surface area contributed by atoms with Gasteiger partial charge in [-0.15, -0.1) is 11.3 Å². The van der Waals surface area contributed by atoms with E-state index in [9.17, 15) is 18.9 Å². The molecule has 0 aliphatic carbocycles. The first-order valence-electron chi connectivity index (χ1n) is 8.02. The number of nitro groups is 1. The Morgan fingerprint density at radius 2 is 1.88 bits per heavy atom. The van der Waals surface area contributed by atoms with Crippen LogP contribution in [0, 0.1) is 24.0 Å². The fraction of sp³-hybridized carbons (Fsp3) is 0.438. The van der Waals surface area contributed by atoms with Crippen LogP contribution in [0.25, 0.3) is 0 Å². The molecule has 1 aromatic carbocycles. The van der Waals surface area contributed by atoms with Crippen LogP contribution in [-0.4, -0.2) is 42.7 Å². The maximum atomic E-state index is 12.5. The number of aryl methyl sites for hydroxylation is 2. The fourth-order valence-electron chi connectivity index (χ4n) is 2.79. The minimum atomic E-state index is -3.11. The van der Waals surface area contributed by atoms with Crippen molar-refractivity contribution in [2.24, 2.45) is 0 Å². The molecule has 1 aliphatic heterocycles. The van der Waals surface area contributed by atoms with Crippen LogP contribution in [0.15, 0.2) is 18.2 Å². The molecule has 0 unspecified atom stereocenters. The third kappa shape index (κ3) is 3.85. The number of piperazine rings is 1. The van der Waals surface area contributed by atoms with Gasteiger partial charge < -0.3 is 14.5 Å². The Morgan fingerprint density at radius 3 is 2.42 bits per heavy atom. The Bertz CT molecular complexity index is 787. The quantitative estimate of drug-likeness (QED) is 0.579. The molecular formula is C16H18F2N4O3S. The van der Waals surface area contributed by atoms with Gasteiger partial charge in [-0.05, 0) is 19.9 Å². The number of aromatic nitrogens is 1. The van der Waals surface area contributed by atoms with Crippen molar-refractivity contribution in [2.75, 3.05) is 36.0 Å². The molecule has 0 radical (unpaired) electrons. The summed E-state index contributed by atoms with van der Waals surface area (Å²) in [4.78, 5) is 20.2. The first-order valence-corrected chi connectivity index (χ1v) is 8.84. The fourth-order valence-corrected chi connectivity index (χ4v) is 3.75.